The molecule has 0 aromatic heterocycles. The van der Waals surface area contributed by atoms with E-state index in [-0.39, 0.29) is 12.6 Å². The zero-order valence-corrected chi connectivity index (χ0v) is 10.3. The largest absolute Gasteiger partial charge is 0.459 e. The molecule has 92 valence electrons. The number of hydrogen-bond donors (Lipinski definition) is 1. The minimum atomic E-state index is -0.841. The number of amides is 1. The molecule has 1 N–H and O–H groups in total. The zero-order valence-electron chi connectivity index (χ0n) is 10.3. The van der Waals surface area contributed by atoms with Crippen LogP contribution in [0.15, 0.2) is 24.3 Å². The fraction of sp³-hybridized carbons (Fsp3) is 0.385. The van der Waals surface area contributed by atoms with E-state index in [1.807, 2.05) is 38.1 Å². The molecular formula is C13H17NO3. The number of hydrogen-bond acceptors (Lipinski definition) is 3. The maximum atomic E-state index is 11.4. The van der Waals surface area contributed by atoms with Gasteiger partial charge in [0.25, 0.3) is 0 Å². The minimum absolute atomic E-state index is 0.200. The summed E-state index contributed by atoms with van der Waals surface area (Å²) in [6, 6.07) is 7.55. The summed E-state index contributed by atoms with van der Waals surface area (Å²) in [5.74, 6) is -1.55. The van der Waals surface area contributed by atoms with Gasteiger partial charge < -0.3 is 10.1 Å². The van der Waals surface area contributed by atoms with E-state index >= 15 is 0 Å². The lowest BCUT2D eigenvalue weighted by molar-refractivity contribution is -0.154. The first-order valence-electron chi connectivity index (χ1n) is 5.58. The minimum Gasteiger partial charge on any atom is -0.459 e. The summed E-state index contributed by atoms with van der Waals surface area (Å²) in [5, 5.41) is 2.59. The number of rotatable bonds is 3. The highest BCUT2D eigenvalue weighted by Crippen LogP contribution is 2.12. The highest BCUT2D eigenvalue weighted by Gasteiger charge is 2.17. The average Bonchev–Trinajstić information content (AvgIpc) is 2.30. The number of benzene rings is 1. The maximum absolute atomic E-state index is 11.4. The van der Waals surface area contributed by atoms with E-state index in [2.05, 4.69) is 10.1 Å². The van der Waals surface area contributed by atoms with Crippen LogP contribution in [0.1, 0.15) is 31.0 Å². The van der Waals surface area contributed by atoms with Crippen molar-refractivity contribution < 1.29 is 14.3 Å². The molecule has 0 aliphatic heterocycles. The topological polar surface area (TPSA) is 55.4 Å². The van der Waals surface area contributed by atoms with E-state index in [1.54, 1.807) is 6.92 Å². The molecule has 0 heterocycles. The third kappa shape index (κ3) is 3.90. The molecule has 17 heavy (non-hydrogen) atoms. The van der Waals surface area contributed by atoms with Crippen molar-refractivity contribution in [2.75, 3.05) is 6.61 Å². The van der Waals surface area contributed by atoms with Gasteiger partial charge in [0.05, 0.1) is 12.6 Å². The van der Waals surface area contributed by atoms with Gasteiger partial charge in [0.1, 0.15) is 0 Å². The van der Waals surface area contributed by atoms with Crippen molar-refractivity contribution in [3.63, 3.8) is 0 Å². The van der Waals surface area contributed by atoms with Crippen LogP contribution in [0, 0.1) is 6.92 Å². The smallest absolute Gasteiger partial charge is 0.396 e. The molecule has 0 fully saturated rings. The van der Waals surface area contributed by atoms with Crippen LogP contribution in [-0.2, 0) is 14.3 Å². The summed E-state index contributed by atoms with van der Waals surface area (Å²) in [7, 11) is 0. The Kier molecular flexibility index (Phi) is 4.69. The predicted octanol–water partition coefficient (Wildman–Crippen LogP) is 1.74. The van der Waals surface area contributed by atoms with Crippen molar-refractivity contribution in [2.45, 2.75) is 26.8 Å². The van der Waals surface area contributed by atoms with Crippen LogP contribution in [0.5, 0.6) is 0 Å². The summed E-state index contributed by atoms with van der Waals surface area (Å²) in [6.45, 7) is 5.67. The highest BCUT2D eigenvalue weighted by atomic mass is 16.5. The van der Waals surface area contributed by atoms with Crippen LogP contribution in [0.4, 0.5) is 0 Å². The fourth-order valence-corrected chi connectivity index (χ4v) is 1.39. The second-order valence-electron chi connectivity index (χ2n) is 3.83. The second-order valence-corrected chi connectivity index (χ2v) is 3.83. The molecule has 1 aromatic carbocycles. The molecule has 4 heteroatoms. The summed E-state index contributed by atoms with van der Waals surface area (Å²) in [4.78, 5) is 22.5. The normalized spacial score (nSPS) is 11.7. The Morgan fingerprint density at radius 2 is 1.88 bits per heavy atom. The lowest BCUT2D eigenvalue weighted by Gasteiger charge is -2.13. The summed E-state index contributed by atoms with van der Waals surface area (Å²) < 4.78 is 4.61. The van der Waals surface area contributed by atoms with Gasteiger partial charge in [-0.3, -0.25) is 4.79 Å². The zero-order chi connectivity index (χ0) is 12.8. The summed E-state index contributed by atoms with van der Waals surface area (Å²) >= 11 is 0. The van der Waals surface area contributed by atoms with Crippen LogP contribution in [-0.4, -0.2) is 18.5 Å². The van der Waals surface area contributed by atoms with Crippen LogP contribution < -0.4 is 5.32 Å². The van der Waals surface area contributed by atoms with Crippen molar-refractivity contribution in [1.29, 1.82) is 0 Å². The monoisotopic (exact) mass is 235 g/mol. The molecule has 0 saturated carbocycles. The van der Waals surface area contributed by atoms with E-state index in [4.69, 9.17) is 0 Å². The van der Waals surface area contributed by atoms with Crippen LogP contribution in [0.3, 0.4) is 0 Å². The van der Waals surface area contributed by atoms with Gasteiger partial charge in [-0.15, -0.1) is 0 Å². The van der Waals surface area contributed by atoms with Crippen LogP contribution in [0.2, 0.25) is 0 Å². The van der Waals surface area contributed by atoms with E-state index < -0.39 is 11.9 Å². The first-order chi connectivity index (χ1) is 8.04. The molecule has 0 spiro atoms. The van der Waals surface area contributed by atoms with Gasteiger partial charge in [-0.05, 0) is 26.3 Å². The summed E-state index contributed by atoms with van der Waals surface area (Å²) in [5.41, 5.74) is 2.10. The molecule has 1 atom stereocenters. The number of esters is 1. The highest BCUT2D eigenvalue weighted by molar-refractivity contribution is 6.32. The Balaban J connectivity index is 2.60. The van der Waals surface area contributed by atoms with Gasteiger partial charge in [0.2, 0.25) is 0 Å². The average molecular weight is 235 g/mol. The maximum Gasteiger partial charge on any atom is 0.396 e. The third-order valence-corrected chi connectivity index (χ3v) is 2.39. The molecule has 0 aliphatic rings. The van der Waals surface area contributed by atoms with E-state index in [0.29, 0.717) is 0 Å². The Morgan fingerprint density at radius 1 is 1.29 bits per heavy atom. The molecule has 1 unspecified atom stereocenters. The molecule has 0 bridgehead atoms. The van der Waals surface area contributed by atoms with Gasteiger partial charge in [-0.1, -0.05) is 29.8 Å². The molecule has 1 aromatic rings. The Bertz CT molecular complexity index is 398. The molecule has 1 rings (SSSR count). The van der Waals surface area contributed by atoms with Gasteiger partial charge in [-0.25, -0.2) is 4.79 Å². The second kappa shape index (κ2) is 6.03. The Hall–Kier alpha value is -1.84. The van der Waals surface area contributed by atoms with E-state index in [1.165, 1.54) is 0 Å². The lowest BCUT2D eigenvalue weighted by atomic mass is 10.1. The number of ether oxygens (including phenoxy) is 1. The van der Waals surface area contributed by atoms with Crippen LogP contribution >= 0.6 is 0 Å². The molecule has 0 aliphatic carbocycles. The molecule has 1 amide bonds. The first kappa shape index (κ1) is 13.2. The summed E-state index contributed by atoms with van der Waals surface area (Å²) in [6.07, 6.45) is 0. The lowest BCUT2D eigenvalue weighted by Crippen LogP contribution is -2.34. The molecular weight excluding hydrogens is 218 g/mol. The third-order valence-electron chi connectivity index (χ3n) is 2.39. The van der Waals surface area contributed by atoms with Gasteiger partial charge in [0, 0.05) is 0 Å². The van der Waals surface area contributed by atoms with E-state index in [9.17, 15) is 9.59 Å². The molecule has 4 nitrogen and oxygen atoms in total. The SMILES string of the molecule is CCOC(=O)C(=O)NC(C)c1ccc(C)cc1. The van der Waals surface area contributed by atoms with E-state index in [0.717, 1.165) is 11.1 Å². The van der Waals surface area contributed by atoms with Crippen molar-refractivity contribution >= 4 is 11.9 Å². The van der Waals surface area contributed by atoms with Crippen molar-refractivity contribution in [3.05, 3.63) is 35.4 Å². The van der Waals surface area contributed by atoms with Crippen molar-refractivity contribution in [3.8, 4) is 0 Å². The van der Waals surface area contributed by atoms with Gasteiger partial charge >= 0.3 is 11.9 Å². The van der Waals surface area contributed by atoms with Crippen molar-refractivity contribution in [1.82, 2.24) is 5.32 Å². The van der Waals surface area contributed by atoms with Gasteiger partial charge in [0.15, 0.2) is 0 Å². The van der Waals surface area contributed by atoms with Crippen molar-refractivity contribution in [2.24, 2.45) is 0 Å². The van der Waals surface area contributed by atoms with Gasteiger partial charge in [-0.2, -0.15) is 0 Å². The quantitative estimate of drug-likeness (QED) is 0.641. The Labute approximate surface area is 101 Å². The standard InChI is InChI=1S/C13H17NO3/c1-4-17-13(16)12(15)14-10(3)11-7-5-9(2)6-8-11/h5-8,10H,4H2,1-3H3,(H,14,15). The number of aryl methyl sites for hydroxylation is 1. The number of carbonyl (C=O) groups excluding carboxylic acids is 2. The Morgan fingerprint density at radius 3 is 2.41 bits per heavy atom. The predicted molar refractivity (Wildman–Crippen MR) is 64.4 cm³/mol. The number of carbonyl (C=O) groups is 2. The first-order valence-corrected chi connectivity index (χ1v) is 5.58. The molecule has 0 saturated heterocycles. The number of nitrogens with one attached hydrogen (secondary N) is 1. The van der Waals surface area contributed by atoms with Crippen LogP contribution in [0.25, 0.3) is 0 Å². The molecule has 0 radical (unpaired) electrons. The fourth-order valence-electron chi connectivity index (χ4n) is 1.39.